The van der Waals surface area contributed by atoms with Crippen molar-refractivity contribution in [3.63, 3.8) is 0 Å². The summed E-state index contributed by atoms with van der Waals surface area (Å²) in [6.45, 7) is 1.92. The third-order valence-corrected chi connectivity index (χ3v) is 5.88. The molecular weight excluding hydrogens is 314 g/mol. The van der Waals surface area contributed by atoms with Crippen LogP contribution in [-0.4, -0.2) is 26.5 Å². The number of nitrogens with one attached hydrogen (secondary N) is 1. The highest BCUT2D eigenvalue weighted by Crippen LogP contribution is 2.42. The third kappa shape index (κ3) is 3.06. The molecule has 0 radical (unpaired) electrons. The fourth-order valence-corrected chi connectivity index (χ4v) is 4.53. The fraction of sp³-hybridized carbons (Fsp3) is 0.526. The Bertz CT molecular complexity index is 757. The maximum Gasteiger partial charge on any atom is 0.227 e. The van der Waals surface area contributed by atoms with Crippen molar-refractivity contribution in [2.75, 3.05) is 5.32 Å². The number of aryl methyl sites for hydroxylation is 1. The standard InChI is InChI=1S/C19H25N5O/c1-12-21-8-9-24(12)18-16(6-3-7-22-18)23-19(25)15-10-13-4-2-5-14(11-15)17(13)20/h3,6-9,13-15,17H,2,4-5,10-11,20H2,1H3,(H,23,25). The summed E-state index contributed by atoms with van der Waals surface area (Å²) in [5, 5.41) is 3.11. The molecule has 0 spiro atoms. The van der Waals surface area contributed by atoms with Gasteiger partial charge < -0.3 is 11.1 Å². The molecule has 2 atom stereocenters. The Morgan fingerprint density at radius 1 is 1.24 bits per heavy atom. The topological polar surface area (TPSA) is 85.8 Å². The molecule has 2 aliphatic rings. The van der Waals surface area contributed by atoms with Crippen LogP contribution in [0.5, 0.6) is 0 Å². The van der Waals surface area contributed by atoms with Gasteiger partial charge in [0.1, 0.15) is 5.82 Å². The van der Waals surface area contributed by atoms with Gasteiger partial charge in [0.2, 0.25) is 5.91 Å². The zero-order valence-electron chi connectivity index (χ0n) is 14.6. The number of amides is 1. The molecule has 2 heterocycles. The van der Waals surface area contributed by atoms with E-state index in [1.54, 1.807) is 12.4 Å². The second-order valence-electron chi connectivity index (χ2n) is 7.41. The van der Waals surface area contributed by atoms with Gasteiger partial charge in [0, 0.05) is 30.6 Å². The number of hydrogen-bond acceptors (Lipinski definition) is 4. The van der Waals surface area contributed by atoms with E-state index in [9.17, 15) is 4.79 Å². The first-order valence-electron chi connectivity index (χ1n) is 9.15. The molecule has 0 aliphatic heterocycles. The van der Waals surface area contributed by atoms with Gasteiger partial charge in [0.25, 0.3) is 0 Å². The van der Waals surface area contributed by atoms with Crippen molar-refractivity contribution in [2.24, 2.45) is 23.5 Å². The average molecular weight is 339 g/mol. The van der Waals surface area contributed by atoms with E-state index < -0.39 is 0 Å². The Kier molecular flexibility index (Phi) is 4.29. The Morgan fingerprint density at radius 3 is 2.68 bits per heavy atom. The van der Waals surface area contributed by atoms with E-state index in [4.69, 9.17) is 5.73 Å². The Labute approximate surface area is 147 Å². The minimum Gasteiger partial charge on any atom is -0.327 e. The number of imidazole rings is 1. The van der Waals surface area contributed by atoms with Crippen LogP contribution in [-0.2, 0) is 4.79 Å². The first-order valence-corrected chi connectivity index (χ1v) is 9.15. The van der Waals surface area contributed by atoms with Gasteiger partial charge >= 0.3 is 0 Å². The van der Waals surface area contributed by atoms with Gasteiger partial charge in [-0.2, -0.15) is 0 Å². The van der Waals surface area contributed by atoms with Crippen LogP contribution in [0, 0.1) is 24.7 Å². The van der Waals surface area contributed by atoms with E-state index >= 15 is 0 Å². The highest BCUT2D eigenvalue weighted by atomic mass is 16.1. The lowest BCUT2D eigenvalue weighted by Gasteiger charge is -2.43. The van der Waals surface area contributed by atoms with E-state index in [0.717, 1.165) is 37.2 Å². The van der Waals surface area contributed by atoms with E-state index in [2.05, 4.69) is 15.3 Å². The van der Waals surface area contributed by atoms with Crippen LogP contribution in [0.25, 0.3) is 5.82 Å². The molecule has 6 heteroatoms. The molecule has 2 fully saturated rings. The van der Waals surface area contributed by atoms with E-state index in [-0.39, 0.29) is 17.9 Å². The van der Waals surface area contributed by atoms with Crippen LogP contribution in [0.15, 0.2) is 30.7 Å². The molecule has 6 nitrogen and oxygen atoms in total. The van der Waals surface area contributed by atoms with E-state index in [1.165, 1.54) is 6.42 Å². The normalized spacial score (nSPS) is 28.6. The minimum atomic E-state index is 0.0482. The molecule has 132 valence electrons. The molecule has 1 amide bonds. The molecule has 2 aromatic heterocycles. The van der Waals surface area contributed by atoms with Gasteiger partial charge in [-0.25, -0.2) is 9.97 Å². The number of carbonyl (C=O) groups is 1. The lowest BCUT2D eigenvalue weighted by Crippen LogP contribution is -2.48. The second-order valence-corrected chi connectivity index (χ2v) is 7.41. The number of anilines is 1. The summed E-state index contributed by atoms with van der Waals surface area (Å²) in [5.41, 5.74) is 7.08. The summed E-state index contributed by atoms with van der Waals surface area (Å²) in [5.74, 6) is 2.67. The molecule has 2 bridgehead atoms. The van der Waals surface area contributed by atoms with Crippen molar-refractivity contribution in [3.05, 3.63) is 36.5 Å². The van der Waals surface area contributed by atoms with Crippen LogP contribution in [0.2, 0.25) is 0 Å². The first-order chi connectivity index (χ1) is 12.1. The van der Waals surface area contributed by atoms with Crippen LogP contribution in [0.1, 0.15) is 37.9 Å². The number of aromatic nitrogens is 3. The SMILES string of the molecule is Cc1nccn1-c1ncccc1NC(=O)C1CC2CCCC(C1)C2N. The van der Waals surface area contributed by atoms with Crippen molar-refractivity contribution < 1.29 is 4.79 Å². The summed E-state index contributed by atoms with van der Waals surface area (Å²) in [6.07, 6.45) is 10.7. The lowest BCUT2D eigenvalue weighted by atomic mass is 9.65. The molecule has 2 aliphatic carbocycles. The number of hydrogen-bond donors (Lipinski definition) is 2. The first kappa shape index (κ1) is 16.3. The smallest absolute Gasteiger partial charge is 0.227 e. The van der Waals surface area contributed by atoms with Crippen LogP contribution >= 0.6 is 0 Å². The highest BCUT2D eigenvalue weighted by molar-refractivity contribution is 5.94. The molecule has 0 saturated heterocycles. The number of fused-ring (bicyclic) bond motifs is 2. The number of rotatable bonds is 3. The summed E-state index contributed by atoms with van der Waals surface area (Å²) in [7, 11) is 0. The van der Waals surface area contributed by atoms with Crippen molar-refractivity contribution in [2.45, 2.75) is 45.1 Å². The fourth-order valence-electron chi connectivity index (χ4n) is 4.53. The lowest BCUT2D eigenvalue weighted by molar-refractivity contribution is -0.122. The largest absolute Gasteiger partial charge is 0.327 e. The third-order valence-electron chi connectivity index (χ3n) is 5.88. The number of nitrogens with two attached hydrogens (primary N) is 1. The molecular formula is C19H25N5O. The minimum absolute atomic E-state index is 0.0482. The van der Waals surface area contributed by atoms with Crippen molar-refractivity contribution >= 4 is 11.6 Å². The van der Waals surface area contributed by atoms with Crippen LogP contribution in [0.4, 0.5) is 5.69 Å². The van der Waals surface area contributed by atoms with E-state index in [1.807, 2.05) is 29.8 Å². The summed E-state index contributed by atoms with van der Waals surface area (Å²) >= 11 is 0. The van der Waals surface area contributed by atoms with Gasteiger partial charge in [0.05, 0.1) is 5.69 Å². The van der Waals surface area contributed by atoms with Crippen molar-refractivity contribution in [1.82, 2.24) is 14.5 Å². The quantitative estimate of drug-likeness (QED) is 0.900. The van der Waals surface area contributed by atoms with Crippen molar-refractivity contribution in [1.29, 1.82) is 0 Å². The molecule has 2 saturated carbocycles. The Balaban J connectivity index is 1.53. The molecule has 3 N–H and O–H groups in total. The van der Waals surface area contributed by atoms with Gasteiger partial charge in [-0.15, -0.1) is 0 Å². The molecule has 25 heavy (non-hydrogen) atoms. The van der Waals surface area contributed by atoms with Crippen LogP contribution in [0.3, 0.4) is 0 Å². The summed E-state index contributed by atoms with van der Waals surface area (Å²) in [6, 6.07) is 4.02. The zero-order valence-corrected chi connectivity index (χ0v) is 14.6. The van der Waals surface area contributed by atoms with Gasteiger partial charge in [0.15, 0.2) is 5.82 Å². The highest BCUT2D eigenvalue weighted by Gasteiger charge is 2.40. The maximum atomic E-state index is 12.9. The Hall–Kier alpha value is -2.21. The van der Waals surface area contributed by atoms with Crippen molar-refractivity contribution in [3.8, 4) is 5.82 Å². The Morgan fingerprint density at radius 2 is 2.00 bits per heavy atom. The monoisotopic (exact) mass is 339 g/mol. The predicted molar refractivity (Wildman–Crippen MR) is 96.3 cm³/mol. The zero-order chi connectivity index (χ0) is 17.4. The maximum absolute atomic E-state index is 12.9. The van der Waals surface area contributed by atoms with Crippen LogP contribution < -0.4 is 11.1 Å². The summed E-state index contributed by atoms with van der Waals surface area (Å²) < 4.78 is 1.89. The average Bonchev–Trinajstić information content (AvgIpc) is 3.01. The number of nitrogens with zero attached hydrogens (tertiary/aromatic N) is 3. The molecule has 4 rings (SSSR count). The van der Waals surface area contributed by atoms with E-state index in [0.29, 0.717) is 17.7 Å². The summed E-state index contributed by atoms with van der Waals surface area (Å²) in [4.78, 5) is 21.6. The van der Waals surface area contributed by atoms with Gasteiger partial charge in [-0.3, -0.25) is 9.36 Å². The number of pyridine rings is 1. The molecule has 0 aromatic carbocycles. The van der Waals surface area contributed by atoms with Gasteiger partial charge in [-0.1, -0.05) is 6.42 Å². The molecule has 2 aromatic rings. The van der Waals surface area contributed by atoms with Gasteiger partial charge in [-0.05, 0) is 56.6 Å². The predicted octanol–water partition coefficient (Wildman–Crippen LogP) is 2.67. The number of carbonyl (C=O) groups excluding carboxylic acids is 1. The second kappa shape index (κ2) is 6.59. The molecule has 2 unspecified atom stereocenters.